The minimum Gasteiger partial charge on any atom is -0.497 e. The summed E-state index contributed by atoms with van der Waals surface area (Å²) >= 11 is 3.30. The highest BCUT2D eigenvalue weighted by Crippen LogP contribution is 2.28. The van der Waals surface area contributed by atoms with Crippen molar-refractivity contribution < 1.29 is 13.2 Å². The molecule has 0 radical (unpaired) electrons. The van der Waals surface area contributed by atoms with Gasteiger partial charge < -0.3 is 4.74 Å². The fourth-order valence-corrected chi connectivity index (χ4v) is 3.30. The molecule has 0 bridgehead atoms. The van der Waals surface area contributed by atoms with Crippen molar-refractivity contribution in [3.05, 3.63) is 22.7 Å². The van der Waals surface area contributed by atoms with E-state index in [1.165, 1.54) is 7.11 Å². The molecule has 4 nitrogen and oxygen atoms in total. The standard InChI is InChI=1S/C11H16BrNO3S/c1-8(2)7-17(14,15)13-11-6-9(16-3)4-5-10(11)12/h4-6,8,13H,7H2,1-3H3. The molecule has 0 spiro atoms. The van der Waals surface area contributed by atoms with Crippen LogP contribution in [0.3, 0.4) is 0 Å². The normalized spacial score (nSPS) is 11.6. The maximum absolute atomic E-state index is 11.8. The van der Waals surface area contributed by atoms with Crippen LogP contribution in [0.5, 0.6) is 5.75 Å². The molecule has 0 unspecified atom stereocenters. The second-order valence-corrected chi connectivity index (χ2v) is 6.74. The van der Waals surface area contributed by atoms with Crippen LogP contribution in [0.15, 0.2) is 22.7 Å². The van der Waals surface area contributed by atoms with E-state index in [1.807, 2.05) is 13.8 Å². The second kappa shape index (κ2) is 5.73. The lowest BCUT2D eigenvalue weighted by molar-refractivity contribution is 0.415. The molecular formula is C11H16BrNO3S. The van der Waals surface area contributed by atoms with E-state index in [0.29, 0.717) is 15.9 Å². The predicted octanol–water partition coefficient (Wildman–Crippen LogP) is 2.86. The van der Waals surface area contributed by atoms with E-state index < -0.39 is 10.0 Å². The molecule has 6 heteroatoms. The van der Waals surface area contributed by atoms with Crippen LogP contribution >= 0.6 is 15.9 Å². The number of rotatable bonds is 5. The minimum atomic E-state index is -3.32. The van der Waals surface area contributed by atoms with Crippen LogP contribution < -0.4 is 9.46 Å². The van der Waals surface area contributed by atoms with Gasteiger partial charge in [-0.3, -0.25) is 4.72 Å². The van der Waals surface area contributed by atoms with Crippen LogP contribution in [0.2, 0.25) is 0 Å². The van der Waals surface area contributed by atoms with Gasteiger partial charge in [0, 0.05) is 10.5 Å². The Hall–Kier alpha value is -0.750. The number of halogens is 1. The molecule has 17 heavy (non-hydrogen) atoms. The molecule has 0 fully saturated rings. The Balaban J connectivity index is 2.94. The molecule has 0 aliphatic rings. The van der Waals surface area contributed by atoms with Gasteiger partial charge in [0.15, 0.2) is 0 Å². The molecule has 0 heterocycles. The van der Waals surface area contributed by atoms with Gasteiger partial charge in [-0.15, -0.1) is 0 Å². The van der Waals surface area contributed by atoms with Gasteiger partial charge in [0.25, 0.3) is 0 Å². The van der Waals surface area contributed by atoms with E-state index in [2.05, 4.69) is 20.7 Å². The van der Waals surface area contributed by atoms with E-state index in [-0.39, 0.29) is 11.7 Å². The Morgan fingerprint density at radius 3 is 2.59 bits per heavy atom. The predicted molar refractivity (Wildman–Crippen MR) is 72.9 cm³/mol. The Morgan fingerprint density at radius 1 is 1.41 bits per heavy atom. The average Bonchev–Trinajstić information content (AvgIpc) is 2.19. The summed E-state index contributed by atoms with van der Waals surface area (Å²) in [7, 11) is -1.78. The first-order chi connectivity index (χ1) is 7.84. The third-order valence-electron chi connectivity index (χ3n) is 1.99. The summed E-state index contributed by atoms with van der Waals surface area (Å²) in [5, 5.41) is 0. The third kappa shape index (κ3) is 4.55. The van der Waals surface area contributed by atoms with E-state index >= 15 is 0 Å². The van der Waals surface area contributed by atoms with Crippen LogP contribution in [-0.4, -0.2) is 21.3 Å². The summed E-state index contributed by atoms with van der Waals surface area (Å²) in [5.41, 5.74) is 0.491. The number of anilines is 1. The fraction of sp³-hybridized carbons (Fsp3) is 0.455. The number of hydrogen-bond acceptors (Lipinski definition) is 3. The first kappa shape index (κ1) is 14.3. The highest BCUT2D eigenvalue weighted by Gasteiger charge is 2.14. The lowest BCUT2D eigenvalue weighted by atomic mass is 10.3. The van der Waals surface area contributed by atoms with Crippen molar-refractivity contribution >= 4 is 31.6 Å². The van der Waals surface area contributed by atoms with Crippen molar-refractivity contribution in [1.82, 2.24) is 0 Å². The maximum Gasteiger partial charge on any atom is 0.233 e. The molecular weight excluding hydrogens is 306 g/mol. The van der Waals surface area contributed by atoms with Crippen molar-refractivity contribution in [2.24, 2.45) is 5.92 Å². The van der Waals surface area contributed by atoms with Crippen molar-refractivity contribution in [3.63, 3.8) is 0 Å². The van der Waals surface area contributed by atoms with Gasteiger partial charge in [0.1, 0.15) is 5.75 Å². The zero-order valence-corrected chi connectivity index (χ0v) is 12.4. The number of sulfonamides is 1. The summed E-state index contributed by atoms with van der Waals surface area (Å²) in [5.74, 6) is 0.781. The van der Waals surface area contributed by atoms with Gasteiger partial charge in [-0.1, -0.05) is 13.8 Å². The molecule has 96 valence electrons. The second-order valence-electron chi connectivity index (χ2n) is 4.12. The van der Waals surface area contributed by atoms with Crippen LogP contribution in [-0.2, 0) is 10.0 Å². The van der Waals surface area contributed by atoms with E-state index in [9.17, 15) is 8.42 Å². The molecule has 0 aliphatic heterocycles. The number of benzene rings is 1. The van der Waals surface area contributed by atoms with E-state index in [0.717, 1.165) is 0 Å². The highest BCUT2D eigenvalue weighted by molar-refractivity contribution is 9.10. The first-order valence-corrected chi connectivity index (χ1v) is 7.62. The van der Waals surface area contributed by atoms with Crippen LogP contribution in [0.25, 0.3) is 0 Å². The minimum absolute atomic E-state index is 0.0804. The Morgan fingerprint density at radius 2 is 2.06 bits per heavy atom. The smallest absolute Gasteiger partial charge is 0.233 e. The number of nitrogens with one attached hydrogen (secondary N) is 1. The summed E-state index contributed by atoms with van der Waals surface area (Å²) in [6, 6.07) is 5.14. The van der Waals surface area contributed by atoms with E-state index in [4.69, 9.17) is 4.74 Å². The number of hydrogen-bond donors (Lipinski definition) is 1. The molecule has 0 aliphatic carbocycles. The molecule has 1 aromatic carbocycles. The zero-order valence-electron chi connectivity index (χ0n) is 10.0. The Bertz CT molecular complexity index is 485. The van der Waals surface area contributed by atoms with Crippen molar-refractivity contribution in [3.8, 4) is 5.75 Å². The Kier molecular flexibility index (Phi) is 4.82. The summed E-state index contributed by atoms with van der Waals surface area (Å²) < 4.78 is 31.9. The van der Waals surface area contributed by atoms with Gasteiger partial charge >= 0.3 is 0 Å². The van der Waals surface area contributed by atoms with Gasteiger partial charge in [-0.25, -0.2) is 8.42 Å². The summed E-state index contributed by atoms with van der Waals surface area (Å²) in [4.78, 5) is 0. The lowest BCUT2D eigenvalue weighted by Crippen LogP contribution is -2.20. The highest BCUT2D eigenvalue weighted by atomic mass is 79.9. The first-order valence-electron chi connectivity index (χ1n) is 5.18. The largest absolute Gasteiger partial charge is 0.497 e. The van der Waals surface area contributed by atoms with Crippen molar-refractivity contribution in [2.75, 3.05) is 17.6 Å². The van der Waals surface area contributed by atoms with Crippen LogP contribution in [0.4, 0.5) is 5.69 Å². The lowest BCUT2D eigenvalue weighted by Gasteiger charge is -2.12. The quantitative estimate of drug-likeness (QED) is 0.907. The molecule has 0 amide bonds. The van der Waals surface area contributed by atoms with E-state index in [1.54, 1.807) is 18.2 Å². The topological polar surface area (TPSA) is 55.4 Å². The maximum atomic E-state index is 11.8. The van der Waals surface area contributed by atoms with Crippen LogP contribution in [0, 0.1) is 5.92 Å². The van der Waals surface area contributed by atoms with Crippen molar-refractivity contribution in [2.45, 2.75) is 13.8 Å². The molecule has 0 atom stereocenters. The SMILES string of the molecule is COc1ccc(Br)c(NS(=O)(=O)CC(C)C)c1. The molecule has 0 aromatic heterocycles. The molecule has 0 saturated heterocycles. The molecule has 0 saturated carbocycles. The zero-order chi connectivity index (χ0) is 13.1. The third-order valence-corrected chi connectivity index (χ3v) is 4.32. The molecule has 1 aromatic rings. The average molecular weight is 322 g/mol. The molecule has 1 rings (SSSR count). The summed E-state index contributed by atoms with van der Waals surface area (Å²) in [6.07, 6.45) is 0. The van der Waals surface area contributed by atoms with Gasteiger partial charge in [0.2, 0.25) is 10.0 Å². The number of ether oxygens (including phenoxy) is 1. The van der Waals surface area contributed by atoms with Gasteiger partial charge in [0.05, 0.1) is 18.6 Å². The van der Waals surface area contributed by atoms with Gasteiger partial charge in [-0.2, -0.15) is 0 Å². The summed E-state index contributed by atoms with van der Waals surface area (Å²) in [6.45, 7) is 3.72. The Labute approximate surface area is 111 Å². The number of methoxy groups -OCH3 is 1. The fourth-order valence-electron chi connectivity index (χ4n) is 1.36. The van der Waals surface area contributed by atoms with Gasteiger partial charge in [-0.05, 0) is 34.0 Å². The molecule has 1 N–H and O–H groups in total. The van der Waals surface area contributed by atoms with Crippen molar-refractivity contribution in [1.29, 1.82) is 0 Å². The monoisotopic (exact) mass is 321 g/mol. The van der Waals surface area contributed by atoms with Crippen LogP contribution in [0.1, 0.15) is 13.8 Å².